The summed E-state index contributed by atoms with van der Waals surface area (Å²) >= 11 is 0. The standard InChI is InChI=1S/C20H19N3O3/c1-2-17(24)21-11-13-10-16(21)18-19(25)23(20(26)22(13)18)15-9-5-7-12-6-3-4-8-14(12)15/h3-9,13,16,18H,2,10-11H2,1H3/t13-,16?,18+/m1/s1. The number of carbonyl (C=O) groups is 3. The number of anilines is 1. The number of piperazine rings is 1. The van der Waals surface area contributed by atoms with Crippen LogP contribution in [0.3, 0.4) is 0 Å². The van der Waals surface area contributed by atoms with Crippen molar-refractivity contribution in [2.45, 2.75) is 37.9 Å². The van der Waals surface area contributed by atoms with Crippen LogP contribution in [0.15, 0.2) is 42.5 Å². The normalized spacial score (nSPS) is 27.0. The van der Waals surface area contributed by atoms with Crippen LogP contribution in [-0.2, 0) is 9.59 Å². The highest BCUT2D eigenvalue weighted by Gasteiger charge is 2.62. The molecular weight excluding hydrogens is 330 g/mol. The third-order valence-electron chi connectivity index (χ3n) is 5.89. The van der Waals surface area contributed by atoms with E-state index in [0.717, 1.165) is 10.8 Å². The van der Waals surface area contributed by atoms with E-state index in [4.69, 9.17) is 0 Å². The van der Waals surface area contributed by atoms with Crippen molar-refractivity contribution in [3.05, 3.63) is 42.5 Å². The number of rotatable bonds is 2. The highest BCUT2D eigenvalue weighted by atomic mass is 16.2. The molecule has 3 saturated heterocycles. The largest absolute Gasteiger partial charge is 0.335 e. The molecule has 3 aliphatic heterocycles. The van der Waals surface area contributed by atoms with Crippen LogP contribution in [0.4, 0.5) is 10.5 Å². The Bertz CT molecular complexity index is 951. The second-order valence-electron chi connectivity index (χ2n) is 7.16. The van der Waals surface area contributed by atoms with Crippen LogP contribution >= 0.6 is 0 Å². The number of hydrogen-bond acceptors (Lipinski definition) is 3. The Kier molecular flexibility index (Phi) is 3.13. The second kappa shape index (κ2) is 5.30. The predicted molar refractivity (Wildman–Crippen MR) is 96.7 cm³/mol. The Morgan fingerprint density at radius 1 is 1.12 bits per heavy atom. The molecule has 4 amide bonds. The van der Waals surface area contributed by atoms with Crippen LogP contribution in [0.2, 0.25) is 0 Å². The Labute approximate surface area is 151 Å². The zero-order valence-electron chi connectivity index (χ0n) is 14.5. The van der Waals surface area contributed by atoms with Gasteiger partial charge in [0.1, 0.15) is 6.04 Å². The number of urea groups is 1. The molecule has 6 heteroatoms. The number of benzene rings is 2. The summed E-state index contributed by atoms with van der Waals surface area (Å²) < 4.78 is 0. The summed E-state index contributed by atoms with van der Waals surface area (Å²) in [5.74, 6) is -0.159. The quantitative estimate of drug-likeness (QED) is 0.782. The first-order valence-corrected chi connectivity index (χ1v) is 9.05. The summed E-state index contributed by atoms with van der Waals surface area (Å²) in [5, 5.41) is 1.87. The van der Waals surface area contributed by atoms with Crippen LogP contribution in [0, 0.1) is 0 Å². The summed E-state index contributed by atoms with van der Waals surface area (Å²) in [7, 11) is 0. The number of amides is 4. The molecule has 3 atom stereocenters. The smallest absolute Gasteiger partial charge is 0.332 e. The van der Waals surface area contributed by atoms with Gasteiger partial charge >= 0.3 is 6.03 Å². The number of nitrogens with zero attached hydrogens (tertiary/aromatic N) is 3. The Morgan fingerprint density at radius 2 is 1.88 bits per heavy atom. The van der Waals surface area contributed by atoms with Gasteiger partial charge in [-0.1, -0.05) is 43.3 Å². The van der Waals surface area contributed by atoms with Crippen molar-refractivity contribution in [2.24, 2.45) is 0 Å². The highest BCUT2D eigenvalue weighted by Crippen LogP contribution is 2.43. The molecule has 26 heavy (non-hydrogen) atoms. The summed E-state index contributed by atoms with van der Waals surface area (Å²) in [6.07, 6.45) is 1.13. The van der Waals surface area contributed by atoms with E-state index in [-0.39, 0.29) is 29.9 Å². The summed E-state index contributed by atoms with van der Waals surface area (Å²) in [4.78, 5) is 43.3. The SMILES string of the molecule is CCC(=O)N1C[C@H]2CC1[C@H]1C(=O)N(c3cccc4ccccc34)C(=O)N21. The molecular formula is C20H19N3O3. The topological polar surface area (TPSA) is 60.9 Å². The molecule has 5 rings (SSSR count). The van der Waals surface area contributed by atoms with Gasteiger partial charge in [-0.3, -0.25) is 9.59 Å². The van der Waals surface area contributed by atoms with Gasteiger partial charge in [-0.2, -0.15) is 0 Å². The Hall–Kier alpha value is -2.89. The van der Waals surface area contributed by atoms with Crippen LogP contribution < -0.4 is 4.90 Å². The lowest BCUT2D eigenvalue weighted by Crippen LogP contribution is -2.54. The molecule has 132 valence electrons. The fraction of sp³-hybridized carbons (Fsp3) is 0.350. The van der Waals surface area contributed by atoms with Gasteiger partial charge in [0.25, 0.3) is 5.91 Å². The first-order chi connectivity index (χ1) is 12.6. The molecule has 0 aromatic heterocycles. The van der Waals surface area contributed by atoms with Crippen LogP contribution in [0.25, 0.3) is 10.8 Å². The third-order valence-corrected chi connectivity index (χ3v) is 5.89. The maximum absolute atomic E-state index is 13.2. The highest BCUT2D eigenvalue weighted by molar-refractivity contribution is 6.25. The fourth-order valence-electron chi connectivity index (χ4n) is 4.77. The average molecular weight is 349 g/mol. The van der Waals surface area contributed by atoms with Gasteiger partial charge in [-0.15, -0.1) is 0 Å². The zero-order chi connectivity index (χ0) is 18.0. The number of fused-ring (bicyclic) bond motifs is 6. The minimum absolute atomic E-state index is 0.0565. The van der Waals surface area contributed by atoms with Crippen molar-refractivity contribution in [1.29, 1.82) is 0 Å². The number of likely N-dealkylation sites (tertiary alicyclic amines) is 1. The minimum Gasteiger partial charge on any atom is -0.335 e. The zero-order valence-corrected chi connectivity index (χ0v) is 14.5. The van der Waals surface area contributed by atoms with Gasteiger partial charge in [0.05, 0.1) is 17.8 Å². The number of imide groups is 1. The maximum Gasteiger partial charge on any atom is 0.332 e. The summed E-state index contributed by atoms with van der Waals surface area (Å²) in [6, 6.07) is 12.3. The van der Waals surface area contributed by atoms with Crippen LogP contribution in [-0.4, -0.2) is 52.3 Å². The predicted octanol–water partition coefficient (Wildman–Crippen LogP) is 2.37. The van der Waals surface area contributed by atoms with Crippen molar-refractivity contribution in [1.82, 2.24) is 9.80 Å². The van der Waals surface area contributed by atoms with Crippen molar-refractivity contribution >= 4 is 34.3 Å². The molecule has 2 aromatic rings. The van der Waals surface area contributed by atoms with E-state index in [1.807, 2.05) is 49.4 Å². The molecule has 0 radical (unpaired) electrons. The molecule has 3 heterocycles. The van der Waals surface area contributed by atoms with E-state index in [1.54, 1.807) is 9.80 Å². The van der Waals surface area contributed by atoms with E-state index in [1.165, 1.54) is 4.90 Å². The van der Waals surface area contributed by atoms with Crippen molar-refractivity contribution < 1.29 is 14.4 Å². The van der Waals surface area contributed by atoms with Gasteiger partial charge in [-0.05, 0) is 17.9 Å². The van der Waals surface area contributed by atoms with E-state index >= 15 is 0 Å². The third kappa shape index (κ3) is 1.84. The minimum atomic E-state index is -0.546. The van der Waals surface area contributed by atoms with Gasteiger partial charge < -0.3 is 9.80 Å². The van der Waals surface area contributed by atoms with Gasteiger partial charge in [-0.25, -0.2) is 9.69 Å². The Morgan fingerprint density at radius 3 is 2.69 bits per heavy atom. The van der Waals surface area contributed by atoms with E-state index in [9.17, 15) is 14.4 Å². The molecule has 6 nitrogen and oxygen atoms in total. The molecule has 0 aliphatic carbocycles. The van der Waals surface area contributed by atoms with Gasteiger partial charge in [0.2, 0.25) is 5.91 Å². The van der Waals surface area contributed by atoms with Crippen LogP contribution in [0.1, 0.15) is 19.8 Å². The molecule has 3 aliphatic rings. The Balaban J connectivity index is 1.57. The molecule has 0 spiro atoms. The molecule has 3 fully saturated rings. The van der Waals surface area contributed by atoms with Crippen molar-refractivity contribution in [2.75, 3.05) is 11.4 Å². The molecule has 1 unspecified atom stereocenters. The first kappa shape index (κ1) is 15.4. The van der Waals surface area contributed by atoms with Crippen molar-refractivity contribution in [3.8, 4) is 0 Å². The monoisotopic (exact) mass is 349 g/mol. The maximum atomic E-state index is 13.2. The summed E-state index contributed by atoms with van der Waals surface area (Å²) in [5.41, 5.74) is 0.625. The van der Waals surface area contributed by atoms with Gasteiger partial charge in [0.15, 0.2) is 0 Å². The second-order valence-corrected chi connectivity index (χ2v) is 7.16. The fourth-order valence-corrected chi connectivity index (χ4v) is 4.77. The lowest BCUT2D eigenvalue weighted by molar-refractivity contribution is -0.135. The van der Waals surface area contributed by atoms with Crippen molar-refractivity contribution in [3.63, 3.8) is 0 Å². The molecule has 2 aromatic carbocycles. The number of hydrogen-bond donors (Lipinski definition) is 0. The van der Waals surface area contributed by atoms with E-state index in [0.29, 0.717) is 25.1 Å². The lowest BCUT2D eigenvalue weighted by Gasteiger charge is -2.34. The van der Waals surface area contributed by atoms with Crippen LogP contribution in [0.5, 0.6) is 0 Å². The average Bonchev–Trinajstić information content (AvgIpc) is 3.32. The molecule has 2 bridgehead atoms. The number of carbonyl (C=O) groups excluding carboxylic acids is 3. The van der Waals surface area contributed by atoms with E-state index < -0.39 is 6.04 Å². The lowest BCUT2D eigenvalue weighted by atomic mass is 10.1. The van der Waals surface area contributed by atoms with E-state index in [2.05, 4.69) is 0 Å². The molecule has 0 N–H and O–H groups in total. The first-order valence-electron chi connectivity index (χ1n) is 9.05. The molecule has 0 saturated carbocycles. The summed E-state index contributed by atoms with van der Waals surface area (Å²) in [6.45, 7) is 2.37. The van der Waals surface area contributed by atoms with Gasteiger partial charge in [0, 0.05) is 18.4 Å².